The molecule has 6 nitrogen and oxygen atoms in total. The Balaban J connectivity index is 1.66. The van der Waals surface area contributed by atoms with E-state index in [0.717, 1.165) is 25.9 Å². The van der Waals surface area contributed by atoms with Crippen LogP contribution in [0.15, 0.2) is 17.8 Å². The SMILES string of the molecule is CC1=CC[C@H]2CN(C(=O)c3cn(CCN)nn3)C[C@H]2C1. The lowest BCUT2D eigenvalue weighted by molar-refractivity contribution is 0.0778. The summed E-state index contributed by atoms with van der Waals surface area (Å²) in [5.74, 6) is 1.23. The van der Waals surface area contributed by atoms with Gasteiger partial charge in [-0.3, -0.25) is 9.48 Å². The first-order valence-corrected chi connectivity index (χ1v) is 7.22. The summed E-state index contributed by atoms with van der Waals surface area (Å²) in [4.78, 5) is 14.4. The van der Waals surface area contributed by atoms with Crippen LogP contribution in [0.1, 0.15) is 30.3 Å². The zero-order valence-corrected chi connectivity index (χ0v) is 11.8. The fourth-order valence-corrected chi connectivity index (χ4v) is 3.25. The second kappa shape index (κ2) is 5.36. The molecule has 6 heteroatoms. The summed E-state index contributed by atoms with van der Waals surface area (Å²) >= 11 is 0. The van der Waals surface area contributed by atoms with E-state index >= 15 is 0 Å². The number of amides is 1. The highest BCUT2D eigenvalue weighted by Crippen LogP contribution is 2.35. The van der Waals surface area contributed by atoms with Crippen molar-refractivity contribution in [2.24, 2.45) is 17.6 Å². The highest BCUT2D eigenvalue weighted by Gasteiger charge is 2.37. The first-order chi connectivity index (χ1) is 9.67. The number of carbonyl (C=O) groups is 1. The molecule has 1 aliphatic carbocycles. The zero-order valence-electron chi connectivity index (χ0n) is 11.8. The number of nitrogens with two attached hydrogens (primary N) is 1. The quantitative estimate of drug-likeness (QED) is 0.822. The molecule has 0 bridgehead atoms. The average molecular weight is 275 g/mol. The van der Waals surface area contributed by atoms with Crippen molar-refractivity contribution in [1.29, 1.82) is 0 Å². The van der Waals surface area contributed by atoms with Gasteiger partial charge in [0.25, 0.3) is 5.91 Å². The van der Waals surface area contributed by atoms with Gasteiger partial charge in [-0.2, -0.15) is 0 Å². The normalized spacial score (nSPS) is 25.5. The van der Waals surface area contributed by atoms with Crippen molar-refractivity contribution in [3.05, 3.63) is 23.5 Å². The van der Waals surface area contributed by atoms with E-state index in [1.165, 1.54) is 5.57 Å². The number of allylic oxidation sites excluding steroid dienone is 2. The van der Waals surface area contributed by atoms with Gasteiger partial charge in [0.2, 0.25) is 0 Å². The minimum Gasteiger partial charge on any atom is -0.337 e. The summed E-state index contributed by atoms with van der Waals surface area (Å²) in [6, 6.07) is 0. The number of aromatic nitrogens is 3. The van der Waals surface area contributed by atoms with Crippen LogP contribution in [-0.2, 0) is 6.54 Å². The van der Waals surface area contributed by atoms with Gasteiger partial charge in [0.1, 0.15) is 0 Å². The molecule has 20 heavy (non-hydrogen) atoms. The van der Waals surface area contributed by atoms with Crippen LogP contribution in [0, 0.1) is 11.8 Å². The summed E-state index contributed by atoms with van der Waals surface area (Å²) in [7, 11) is 0. The van der Waals surface area contributed by atoms with Crippen molar-refractivity contribution >= 4 is 5.91 Å². The second-order valence-electron chi connectivity index (χ2n) is 5.88. The van der Waals surface area contributed by atoms with E-state index in [4.69, 9.17) is 5.73 Å². The monoisotopic (exact) mass is 275 g/mol. The fraction of sp³-hybridized carbons (Fsp3) is 0.643. The van der Waals surface area contributed by atoms with Gasteiger partial charge in [-0.05, 0) is 31.6 Å². The summed E-state index contributed by atoms with van der Waals surface area (Å²) < 4.78 is 1.63. The molecule has 1 amide bonds. The number of nitrogens with zero attached hydrogens (tertiary/aromatic N) is 4. The maximum Gasteiger partial charge on any atom is 0.276 e. The molecule has 0 radical (unpaired) electrons. The minimum absolute atomic E-state index is 0.000300. The maximum absolute atomic E-state index is 12.5. The van der Waals surface area contributed by atoms with Crippen molar-refractivity contribution < 1.29 is 4.79 Å². The Hall–Kier alpha value is -1.69. The topological polar surface area (TPSA) is 77.0 Å². The first-order valence-electron chi connectivity index (χ1n) is 7.22. The third-order valence-electron chi connectivity index (χ3n) is 4.33. The molecule has 0 unspecified atom stereocenters. The molecule has 0 saturated carbocycles. The highest BCUT2D eigenvalue weighted by atomic mass is 16.2. The third-order valence-corrected chi connectivity index (χ3v) is 4.33. The molecule has 108 valence electrons. The summed E-state index contributed by atoms with van der Waals surface area (Å²) in [6.45, 7) is 4.96. The van der Waals surface area contributed by atoms with E-state index in [9.17, 15) is 4.79 Å². The predicted octanol–water partition coefficient (Wildman–Crippen LogP) is 0.665. The van der Waals surface area contributed by atoms with Crippen LogP contribution < -0.4 is 5.73 Å². The Kier molecular flexibility index (Phi) is 3.56. The average Bonchev–Trinajstić information content (AvgIpc) is 3.04. The van der Waals surface area contributed by atoms with Gasteiger partial charge in [-0.15, -0.1) is 5.10 Å². The highest BCUT2D eigenvalue weighted by molar-refractivity contribution is 5.92. The predicted molar refractivity (Wildman–Crippen MR) is 75.0 cm³/mol. The molecule has 3 rings (SSSR count). The van der Waals surface area contributed by atoms with Crippen molar-refractivity contribution in [1.82, 2.24) is 19.9 Å². The lowest BCUT2D eigenvalue weighted by Crippen LogP contribution is -2.29. The molecule has 0 spiro atoms. The number of carbonyl (C=O) groups excluding carboxylic acids is 1. The van der Waals surface area contributed by atoms with Gasteiger partial charge >= 0.3 is 0 Å². The van der Waals surface area contributed by atoms with Crippen LogP contribution in [0.25, 0.3) is 0 Å². The van der Waals surface area contributed by atoms with E-state index < -0.39 is 0 Å². The van der Waals surface area contributed by atoms with Gasteiger partial charge in [0.15, 0.2) is 5.69 Å². The molecule has 2 atom stereocenters. The van der Waals surface area contributed by atoms with Crippen molar-refractivity contribution in [3.63, 3.8) is 0 Å². The molecule has 1 aliphatic heterocycles. The van der Waals surface area contributed by atoms with E-state index in [1.54, 1.807) is 10.9 Å². The zero-order chi connectivity index (χ0) is 14.1. The Morgan fingerprint density at radius 1 is 1.45 bits per heavy atom. The lowest BCUT2D eigenvalue weighted by atomic mass is 9.83. The van der Waals surface area contributed by atoms with Gasteiger partial charge in [-0.1, -0.05) is 16.9 Å². The van der Waals surface area contributed by atoms with Crippen LogP contribution in [0.3, 0.4) is 0 Å². The van der Waals surface area contributed by atoms with E-state index in [-0.39, 0.29) is 5.91 Å². The molecular formula is C14H21N5O. The Bertz CT molecular complexity index is 535. The van der Waals surface area contributed by atoms with Crippen molar-refractivity contribution in [3.8, 4) is 0 Å². The van der Waals surface area contributed by atoms with Crippen LogP contribution >= 0.6 is 0 Å². The Morgan fingerprint density at radius 3 is 3.05 bits per heavy atom. The molecular weight excluding hydrogens is 254 g/mol. The Morgan fingerprint density at radius 2 is 2.25 bits per heavy atom. The van der Waals surface area contributed by atoms with E-state index in [1.807, 2.05) is 4.90 Å². The van der Waals surface area contributed by atoms with Gasteiger partial charge in [0, 0.05) is 19.6 Å². The maximum atomic E-state index is 12.5. The molecule has 2 heterocycles. The number of likely N-dealkylation sites (tertiary alicyclic amines) is 1. The molecule has 2 aliphatic rings. The summed E-state index contributed by atoms with van der Waals surface area (Å²) in [5, 5.41) is 7.89. The lowest BCUT2D eigenvalue weighted by Gasteiger charge is -2.21. The number of hydrogen-bond acceptors (Lipinski definition) is 4. The van der Waals surface area contributed by atoms with Crippen LogP contribution in [-0.4, -0.2) is 45.4 Å². The number of fused-ring (bicyclic) bond motifs is 1. The summed E-state index contributed by atoms with van der Waals surface area (Å²) in [5.41, 5.74) is 7.36. The summed E-state index contributed by atoms with van der Waals surface area (Å²) in [6.07, 6.45) is 6.22. The number of hydrogen-bond donors (Lipinski definition) is 1. The van der Waals surface area contributed by atoms with Gasteiger partial charge < -0.3 is 10.6 Å². The molecule has 1 aromatic rings. The third kappa shape index (κ3) is 2.47. The molecule has 1 fully saturated rings. The van der Waals surface area contributed by atoms with E-state index in [0.29, 0.717) is 30.6 Å². The Labute approximate surface area is 118 Å². The molecule has 2 N–H and O–H groups in total. The minimum atomic E-state index is 0.000300. The van der Waals surface area contributed by atoms with Crippen LogP contribution in [0.4, 0.5) is 0 Å². The molecule has 1 aromatic heterocycles. The standard InChI is InChI=1S/C14H21N5O/c1-10-2-3-11-7-18(8-12(11)6-10)14(20)13-9-19(5-4-15)17-16-13/h2,9,11-12H,3-8,15H2,1H3/t11-,12+/m0/s1. The van der Waals surface area contributed by atoms with Crippen molar-refractivity contribution in [2.75, 3.05) is 19.6 Å². The molecule has 0 aromatic carbocycles. The van der Waals surface area contributed by atoms with Gasteiger partial charge in [0.05, 0.1) is 12.7 Å². The van der Waals surface area contributed by atoms with Gasteiger partial charge in [-0.25, -0.2) is 0 Å². The largest absolute Gasteiger partial charge is 0.337 e. The fourth-order valence-electron chi connectivity index (χ4n) is 3.25. The van der Waals surface area contributed by atoms with Crippen LogP contribution in [0.5, 0.6) is 0 Å². The second-order valence-corrected chi connectivity index (χ2v) is 5.88. The first kappa shape index (κ1) is 13.3. The number of rotatable bonds is 3. The van der Waals surface area contributed by atoms with Crippen molar-refractivity contribution in [2.45, 2.75) is 26.3 Å². The molecule has 1 saturated heterocycles. The smallest absolute Gasteiger partial charge is 0.276 e. The van der Waals surface area contributed by atoms with E-state index in [2.05, 4.69) is 23.3 Å². The van der Waals surface area contributed by atoms with Crippen LogP contribution in [0.2, 0.25) is 0 Å².